The molecule has 0 bridgehead atoms. The van der Waals surface area contributed by atoms with E-state index in [9.17, 15) is 9.90 Å². The van der Waals surface area contributed by atoms with Crippen LogP contribution in [-0.2, 0) is 4.79 Å². The number of hydrogen-bond donors (Lipinski definition) is 2. The fourth-order valence-corrected chi connectivity index (χ4v) is 2.51. The maximum absolute atomic E-state index is 11.1. The predicted molar refractivity (Wildman–Crippen MR) is 83.5 cm³/mol. The van der Waals surface area contributed by atoms with Gasteiger partial charge in [0.2, 0.25) is 5.91 Å². The van der Waals surface area contributed by atoms with Crippen molar-refractivity contribution in [2.24, 2.45) is 0 Å². The van der Waals surface area contributed by atoms with Gasteiger partial charge in [-0.1, -0.05) is 37.0 Å². The van der Waals surface area contributed by atoms with E-state index >= 15 is 0 Å². The minimum atomic E-state index is -0.670. The van der Waals surface area contributed by atoms with Gasteiger partial charge in [0.1, 0.15) is 0 Å². The highest BCUT2D eigenvalue weighted by Crippen LogP contribution is 2.34. The second-order valence-electron chi connectivity index (χ2n) is 4.54. The molecule has 1 rings (SSSR count). The van der Waals surface area contributed by atoms with Crippen LogP contribution in [0.4, 0.5) is 5.69 Å². The zero-order chi connectivity index (χ0) is 15.3. The van der Waals surface area contributed by atoms with Gasteiger partial charge in [-0.25, -0.2) is 0 Å². The molecule has 0 aliphatic carbocycles. The number of carbonyl (C=O) groups is 1. The highest BCUT2D eigenvalue weighted by Gasteiger charge is 2.16. The molecule has 1 aromatic carbocycles. The summed E-state index contributed by atoms with van der Waals surface area (Å²) in [5.74, 6) is -0.245. The van der Waals surface area contributed by atoms with E-state index < -0.39 is 6.10 Å². The van der Waals surface area contributed by atoms with Crippen LogP contribution in [0.25, 0.3) is 0 Å². The van der Waals surface area contributed by atoms with Crippen LogP contribution in [-0.4, -0.2) is 35.5 Å². The van der Waals surface area contributed by atoms with E-state index in [1.807, 2.05) is 13.8 Å². The smallest absolute Gasteiger partial charge is 0.221 e. The Hall–Kier alpha value is -0.810. The van der Waals surface area contributed by atoms with E-state index in [1.54, 1.807) is 12.1 Å². The van der Waals surface area contributed by atoms with Gasteiger partial charge in [-0.15, -0.1) is 0 Å². The first-order valence-electron chi connectivity index (χ1n) is 6.55. The minimum Gasteiger partial charge on any atom is -0.387 e. The van der Waals surface area contributed by atoms with Crippen LogP contribution >= 0.6 is 23.2 Å². The average molecular weight is 319 g/mol. The topological polar surface area (TPSA) is 52.6 Å². The first kappa shape index (κ1) is 17.2. The molecule has 1 unspecified atom stereocenters. The Morgan fingerprint density at radius 2 is 1.80 bits per heavy atom. The molecule has 2 N–H and O–H groups in total. The number of carbonyl (C=O) groups excluding carboxylic acids is 1. The molecule has 0 aliphatic heterocycles. The quantitative estimate of drug-likeness (QED) is 0.846. The molecule has 4 nitrogen and oxygen atoms in total. The zero-order valence-electron chi connectivity index (χ0n) is 11.9. The molecule has 20 heavy (non-hydrogen) atoms. The molecule has 1 aromatic rings. The van der Waals surface area contributed by atoms with Crippen LogP contribution in [0.5, 0.6) is 0 Å². The molecule has 0 saturated carbocycles. The van der Waals surface area contributed by atoms with Crippen molar-refractivity contribution in [3.63, 3.8) is 0 Å². The lowest BCUT2D eigenvalue weighted by atomic mass is 10.1. The van der Waals surface area contributed by atoms with E-state index in [-0.39, 0.29) is 5.91 Å². The highest BCUT2D eigenvalue weighted by atomic mass is 35.5. The first-order chi connectivity index (χ1) is 9.38. The van der Waals surface area contributed by atoms with Crippen LogP contribution in [0.1, 0.15) is 32.4 Å². The fourth-order valence-electron chi connectivity index (χ4n) is 1.91. The molecular weight excluding hydrogens is 299 g/mol. The van der Waals surface area contributed by atoms with E-state index in [4.69, 9.17) is 23.2 Å². The summed E-state index contributed by atoms with van der Waals surface area (Å²) >= 11 is 12.2. The SMILES string of the molecule is CCN(CC)CC(O)c1cc(Cl)c(NC(C)=O)c(Cl)c1. The number of rotatable bonds is 6. The summed E-state index contributed by atoms with van der Waals surface area (Å²) in [5, 5.41) is 13.4. The molecule has 0 radical (unpaired) electrons. The molecule has 0 spiro atoms. The van der Waals surface area contributed by atoms with Gasteiger partial charge in [0, 0.05) is 13.5 Å². The second kappa shape index (κ2) is 7.84. The van der Waals surface area contributed by atoms with E-state index in [0.29, 0.717) is 27.8 Å². The summed E-state index contributed by atoms with van der Waals surface area (Å²) in [4.78, 5) is 13.2. The summed E-state index contributed by atoms with van der Waals surface area (Å²) in [7, 11) is 0. The van der Waals surface area contributed by atoms with Crippen molar-refractivity contribution in [2.45, 2.75) is 26.9 Å². The van der Waals surface area contributed by atoms with E-state index in [0.717, 1.165) is 13.1 Å². The third-order valence-corrected chi connectivity index (χ3v) is 3.67. The Morgan fingerprint density at radius 1 is 1.30 bits per heavy atom. The molecular formula is C14H20Cl2N2O2. The molecule has 0 saturated heterocycles. The average Bonchev–Trinajstić information content (AvgIpc) is 2.39. The van der Waals surface area contributed by atoms with Crippen molar-refractivity contribution in [3.05, 3.63) is 27.7 Å². The number of hydrogen-bond acceptors (Lipinski definition) is 3. The van der Waals surface area contributed by atoms with Gasteiger partial charge in [0.25, 0.3) is 0 Å². The molecule has 6 heteroatoms. The monoisotopic (exact) mass is 318 g/mol. The number of likely N-dealkylation sites (N-methyl/N-ethyl adjacent to an activating group) is 1. The fraction of sp³-hybridized carbons (Fsp3) is 0.500. The summed E-state index contributed by atoms with van der Waals surface area (Å²) in [6.07, 6.45) is -0.670. The number of aliphatic hydroxyl groups is 1. The van der Waals surface area contributed by atoms with Gasteiger partial charge in [0.05, 0.1) is 21.8 Å². The Morgan fingerprint density at radius 3 is 2.20 bits per heavy atom. The summed E-state index contributed by atoms with van der Waals surface area (Å²) in [6.45, 7) is 7.69. The van der Waals surface area contributed by atoms with Crippen LogP contribution in [0, 0.1) is 0 Å². The van der Waals surface area contributed by atoms with Crippen LogP contribution in [0.15, 0.2) is 12.1 Å². The number of amides is 1. The van der Waals surface area contributed by atoms with Crippen molar-refractivity contribution in [3.8, 4) is 0 Å². The molecule has 0 aromatic heterocycles. The number of nitrogens with one attached hydrogen (secondary N) is 1. The number of aliphatic hydroxyl groups excluding tert-OH is 1. The van der Waals surface area contributed by atoms with Crippen molar-refractivity contribution in [1.29, 1.82) is 0 Å². The normalized spacial score (nSPS) is 12.6. The van der Waals surface area contributed by atoms with Crippen LogP contribution in [0.2, 0.25) is 10.0 Å². The molecule has 1 atom stereocenters. The number of halogens is 2. The molecule has 0 aliphatic rings. The van der Waals surface area contributed by atoms with Gasteiger partial charge in [-0.2, -0.15) is 0 Å². The number of benzene rings is 1. The molecule has 0 fully saturated rings. The molecule has 112 valence electrons. The third kappa shape index (κ3) is 4.63. The van der Waals surface area contributed by atoms with Crippen molar-refractivity contribution >= 4 is 34.8 Å². The van der Waals surface area contributed by atoms with Crippen molar-refractivity contribution in [2.75, 3.05) is 25.0 Å². The Bertz CT molecular complexity index is 453. The summed E-state index contributed by atoms with van der Waals surface area (Å²) in [5.41, 5.74) is 1.01. The van der Waals surface area contributed by atoms with Crippen molar-refractivity contribution in [1.82, 2.24) is 4.90 Å². The lowest BCUT2D eigenvalue weighted by Crippen LogP contribution is -2.28. The minimum absolute atomic E-state index is 0.245. The maximum atomic E-state index is 11.1. The summed E-state index contributed by atoms with van der Waals surface area (Å²) < 4.78 is 0. The second-order valence-corrected chi connectivity index (χ2v) is 5.36. The van der Waals surface area contributed by atoms with E-state index in [1.165, 1.54) is 6.92 Å². The first-order valence-corrected chi connectivity index (χ1v) is 7.31. The van der Waals surface area contributed by atoms with Gasteiger partial charge in [-0.3, -0.25) is 4.79 Å². The lowest BCUT2D eigenvalue weighted by Gasteiger charge is -2.22. The zero-order valence-corrected chi connectivity index (χ0v) is 13.4. The Kier molecular flexibility index (Phi) is 6.76. The van der Waals surface area contributed by atoms with E-state index in [2.05, 4.69) is 10.2 Å². The maximum Gasteiger partial charge on any atom is 0.221 e. The summed E-state index contributed by atoms with van der Waals surface area (Å²) in [6, 6.07) is 3.26. The van der Waals surface area contributed by atoms with Gasteiger partial charge in [0.15, 0.2) is 0 Å². The Balaban J connectivity index is 2.95. The lowest BCUT2D eigenvalue weighted by molar-refractivity contribution is -0.114. The standard InChI is InChI=1S/C14H20Cl2N2O2/c1-4-18(5-2)8-13(20)10-6-11(15)14(12(16)7-10)17-9(3)19/h6-7,13,20H,4-5,8H2,1-3H3,(H,17,19). The predicted octanol–water partition coefficient (Wildman–Crippen LogP) is 3.33. The third-order valence-electron chi connectivity index (χ3n) is 3.08. The van der Waals surface area contributed by atoms with Crippen molar-refractivity contribution < 1.29 is 9.90 Å². The number of nitrogens with zero attached hydrogens (tertiary/aromatic N) is 1. The highest BCUT2D eigenvalue weighted by molar-refractivity contribution is 6.39. The van der Waals surface area contributed by atoms with Crippen LogP contribution in [0.3, 0.4) is 0 Å². The molecule has 0 heterocycles. The molecule has 1 amide bonds. The van der Waals surface area contributed by atoms with Gasteiger partial charge in [-0.05, 0) is 30.8 Å². The van der Waals surface area contributed by atoms with Gasteiger partial charge < -0.3 is 15.3 Å². The Labute approximate surface area is 129 Å². The van der Waals surface area contributed by atoms with Gasteiger partial charge >= 0.3 is 0 Å². The largest absolute Gasteiger partial charge is 0.387 e. The van der Waals surface area contributed by atoms with Crippen LogP contribution < -0.4 is 5.32 Å². The number of anilines is 1.